The maximum Gasteiger partial charge on any atom is 0.312 e. The average molecular weight is 377 g/mol. The number of unbranched alkanes of at least 4 members (excludes halogenated alkanes) is 1. The van der Waals surface area contributed by atoms with Crippen LogP contribution in [0.25, 0.3) is 10.8 Å². The van der Waals surface area contributed by atoms with Crippen LogP contribution in [0.2, 0.25) is 0 Å². The lowest BCUT2D eigenvalue weighted by Crippen LogP contribution is -2.40. The molecule has 2 fully saturated rings. The second-order valence-electron chi connectivity index (χ2n) is 7.84. The fraction of sp³-hybridized carbons (Fsp3) is 0.391. The zero-order valence-corrected chi connectivity index (χ0v) is 15.8. The molecule has 5 rings (SSSR count). The third-order valence-electron chi connectivity index (χ3n) is 6.17. The summed E-state index contributed by atoms with van der Waals surface area (Å²) < 4.78 is 11.6. The molecule has 1 amide bonds. The van der Waals surface area contributed by atoms with Crippen LogP contribution in [0, 0.1) is 11.8 Å². The first-order chi connectivity index (χ1) is 13.6. The number of esters is 1. The Hall–Kier alpha value is -2.66. The van der Waals surface area contributed by atoms with Crippen LogP contribution in [0.1, 0.15) is 19.8 Å². The van der Waals surface area contributed by atoms with Crippen LogP contribution < -0.4 is 4.90 Å². The highest BCUT2D eigenvalue weighted by atomic mass is 16.6. The fourth-order valence-electron chi connectivity index (χ4n) is 4.83. The minimum absolute atomic E-state index is 0.0550. The normalized spacial score (nSPS) is 30.2. The number of hydrogen-bond acceptors (Lipinski definition) is 4. The second kappa shape index (κ2) is 6.45. The Kier molecular flexibility index (Phi) is 4.02. The summed E-state index contributed by atoms with van der Waals surface area (Å²) in [5.41, 5.74) is 0.137. The Morgan fingerprint density at radius 3 is 2.93 bits per heavy atom. The number of benzene rings is 2. The number of hydrogen-bond donors (Lipinski definition) is 0. The van der Waals surface area contributed by atoms with Gasteiger partial charge < -0.3 is 14.4 Å². The molecule has 2 saturated heterocycles. The van der Waals surface area contributed by atoms with Gasteiger partial charge in [0.15, 0.2) is 0 Å². The minimum Gasteiger partial charge on any atom is -0.465 e. The number of rotatable bonds is 5. The van der Waals surface area contributed by atoms with Gasteiger partial charge in [-0.3, -0.25) is 9.59 Å². The number of amides is 1. The first-order valence-electron chi connectivity index (χ1n) is 9.97. The highest BCUT2D eigenvalue weighted by Gasteiger charge is 2.67. The summed E-state index contributed by atoms with van der Waals surface area (Å²) in [5, 5.41) is 2.11. The molecule has 0 N–H and O–H groups in total. The molecule has 5 nitrogen and oxygen atoms in total. The van der Waals surface area contributed by atoms with E-state index < -0.39 is 17.4 Å². The van der Waals surface area contributed by atoms with E-state index in [1.54, 1.807) is 4.90 Å². The first kappa shape index (κ1) is 17.4. The van der Waals surface area contributed by atoms with E-state index >= 15 is 0 Å². The van der Waals surface area contributed by atoms with Gasteiger partial charge in [-0.1, -0.05) is 61.9 Å². The van der Waals surface area contributed by atoms with Crippen molar-refractivity contribution in [2.45, 2.75) is 31.5 Å². The largest absolute Gasteiger partial charge is 0.465 e. The molecule has 2 bridgehead atoms. The van der Waals surface area contributed by atoms with Crippen LogP contribution in [-0.2, 0) is 19.1 Å². The quantitative estimate of drug-likeness (QED) is 0.455. The van der Waals surface area contributed by atoms with Crippen molar-refractivity contribution < 1.29 is 19.1 Å². The minimum atomic E-state index is -0.729. The van der Waals surface area contributed by atoms with E-state index in [2.05, 4.69) is 6.92 Å². The molecule has 144 valence electrons. The standard InChI is InChI=1S/C23H23NO4/c1-2-3-13-27-22(26)19-18-11-12-23(28-18)14-24(21(25)20(19)23)17-10-6-8-15-7-4-5-9-16(15)17/h4-12,18-20H,2-3,13-14H2,1H3/t18-,19?,20+,23-/m1/s1. The van der Waals surface area contributed by atoms with E-state index in [0.717, 1.165) is 29.3 Å². The van der Waals surface area contributed by atoms with Crippen LogP contribution in [0.15, 0.2) is 54.6 Å². The van der Waals surface area contributed by atoms with Crippen LogP contribution in [0.5, 0.6) is 0 Å². The van der Waals surface area contributed by atoms with Crippen molar-refractivity contribution in [2.24, 2.45) is 11.8 Å². The number of ether oxygens (including phenoxy) is 2. The number of carbonyl (C=O) groups excluding carboxylic acids is 2. The van der Waals surface area contributed by atoms with Gasteiger partial charge in [0.2, 0.25) is 5.91 Å². The van der Waals surface area contributed by atoms with Crippen molar-refractivity contribution in [2.75, 3.05) is 18.1 Å². The van der Waals surface area contributed by atoms with Crippen LogP contribution in [-0.4, -0.2) is 36.7 Å². The Morgan fingerprint density at radius 1 is 1.25 bits per heavy atom. The summed E-state index contributed by atoms with van der Waals surface area (Å²) in [7, 11) is 0. The summed E-state index contributed by atoms with van der Waals surface area (Å²) in [5.74, 6) is -1.45. The molecule has 3 aliphatic heterocycles. The molecule has 5 heteroatoms. The van der Waals surface area contributed by atoms with E-state index in [9.17, 15) is 9.59 Å². The molecular formula is C23H23NO4. The number of carbonyl (C=O) groups is 2. The predicted octanol–water partition coefficient (Wildman–Crippen LogP) is 3.47. The molecule has 0 aliphatic carbocycles. The van der Waals surface area contributed by atoms with Gasteiger partial charge in [0.1, 0.15) is 11.5 Å². The van der Waals surface area contributed by atoms with Gasteiger partial charge in [0.25, 0.3) is 0 Å². The number of nitrogens with zero attached hydrogens (tertiary/aromatic N) is 1. The smallest absolute Gasteiger partial charge is 0.312 e. The van der Waals surface area contributed by atoms with Gasteiger partial charge in [-0.05, 0) is 17.9 Å². The maximum absolute atomic E-state index is 13.5. The lowest BCUT2D eigenvalue weighted by molar-refractivity contribution is -0.152. The molecular weight excluding hydrogens is 354 g/mol. The van der Waals surface area contributed by atoms with Crippen molar-refractivity contribution in [3.63, 3.8) is 0 Å². The van der Waals surface area contributed by atoms with E-state index in [1.807, 2.05) is 54.6 Å². The predicted molar refractivity (Wildman–Crippen MR) is 106 cm³/mol. The average Bonchev–Trinajstić information content (AvgIpc) is 3.36. The lowest BCUT2D eigenvalue weighted by atomic mass is 9.77. The van der Waals surface area contributed by atoms with Gasteiger partial charge in [0.05, 0.1) is 30.9 Å². The van der Waals surface area contributed by atoms with E-state index in [4.69, 9.17) is 9.47 Å². The van der Waals surface area contributed by atoms with Crippen LogP contribution >= 0.6 is 0 Å². The molecule has 3 heterocycles. The van der Waals surface area contributed by atoms with E-state index in [1.165, 1.54) is 0 Å². The third-order valence-corrected chi connectivity index (χ3v) is 6.17. The number of anilines is 1. The van der Waals surface area contributed by atoms with E-state index in [0.29, 0.717) is 13.2 Å². The SMILES string of the molecule is CCCCOC(=O)C1[C@H]2C(=O)N(c3cccc4ccccc34)C[C@]23C=C[C@H]1O3. The monoisotopic (exact) mass is 377 g/mol. The van der Waals surface area contributed by atoms with Gasteiger partial charge in [-0.2, -0.15) is 0 Å². The molecule has 28 heavy (non-hydrogen) atoms. The topological polar surface area (TPSA) is 55.8 Å². The Labute approximate surface area is 163 Å². The zero-order chi connectivity index (χ0) is 19.3. The van der Waals surface area contributed by atoms with Crippen molar-refractivity contribution in [3.05, 3.63) is 54.6 Å². The molecule has 0 radical (unpaired) electrons. The lowest BCUT2D eigenvalue weighted by Gasteiger charge is -2.23. The maximum atomic E-state index is 13.5. The Bertz CT molecular complexity index is 978. The Balaban J connectivity index is 1.49. The van der Waals surface area contributed by atoms with E-state index in [-0.39, 0.29) is 18.0 Å². The summed E-state index contributed by atoms with van der Waals surface area (Å²) in [6.07, 6.45) is 5.31. The van der Waals surface area contributed by atoms with Gasteiger partial charge in [-0.25, -0.2) is 0 Å². The molecule has 1 spiro atoms. The summed E-state index contributed by atoms with van der Waals surface area (Å²) in [4.78, 5) is 28.0. The second-order valence-corrected chi connectivity index (χ2v) is 7.84. The van der Waals surface area contributed by atoms with Crippen molar-refractivity contribution in [3.8, 4) is 0 Å². The summed E-state index contributed by atoms with van der Waals surface area (Å²) in [6, 6.07) is 14.0. The van der Waals surface area contributed by atoms with Gasteiger partial charge in [-0.15, -0.1) is 0 Å². The fourth-order valence-corrected chi connectivity index (χ4v) is 4.83. The highest BCUT2D eigenvalue weighted by molar-refractivity contribution is 6.08. The van der Waals surface area contributed by atoms with Gasteiger partial charge >= 0.3 is 5.97 Å². The molecule has 3 aliphatic rings. The first-order valence-corrected chi connectivity index (χ1v) is 9.97. The number of fused-ring (bicyclic) bond motifs is 2. The molecule has 2 aromatic carbocycles. The third kappa shape index (κ3) is 2.42. The van der Waals surface area contributed by atoms with Crippen molar-refractivity contribution in [1.82, 2.24) is 0 Å². The molecule has 0 aromatic heterocycles. The van der Waals surface area contributed by atoms with Crippen LogP contribution in [0.4, 0.5) is 5.69 Å². The molecule has 1 unspecified atom stereocenters. The molecule has 0 saturated carbocycles. The summed E-state index contributed by atoms with van der Waals surface area (Å²) >= 11 is 0. The molecule has 4 atom stereocenters. The summed E-state index contributed by atoms with van der Waals surface area (Å²) in [6.45, 7) is 2.87. The zero-order valence-electron chi connectivity index (χ0n) is 15.8. The Morgan fingerprint density at radius 2 is 2.07 bits per heavy atom. The van der Waals surface area contributed by atoms with Crippen molar-refractivity contribution in [1.29, 1.82) is 0 Å². The van der Waals surface area contributed by atoms with Crippen molar-refractivity contribution >= 4 is 28.3 Å². The highest BCUT2D eigenvalue weighted by Crippen LogP contribution is 2.53. The van der Waals surface area contributed by atoms with Gasteiger partial charge in [0, 0.05) is 5.39 Å². The molecule has 2 aromatic rings. The van der Waals surface area contributed by atoms with Crippen LogP contribution in [0.3, 0.4) is 0 Å².